The fourth-order valence-corrected chi connectivity index (χ4v) is 6.34. The molecule has 2 aromatic rings. The highest BCUT2D eigenvalue weighted by atomic mass is 32.2. The molecule has 0 radical (unpaired) electrons. The highest BCUT2D eigenvalue weighted by molar-refractivity contribution is 7.91. The highest BCUT2D eigenvalue weighted by Gasteiger charge is 2.33. The SMILES string of the molecule is COc1cc(OC)cc(C(=O)NCCC2CCCCN2S(=O)(=O)c2cccs2)c1. The zero-order chi connectivity index (χ0) is 20.9. The van der Waals surface area contributed by atoms with Crippen LogP contribution in [0.1, 0.15) is 36.0 Å². The Balaban J connectivity index is 1.63. The first-order valence-corrected chi connectivity index (χ1v) is 11.8. The van der Waals surface area contributed by atoms with Crippen molar-refractivity contribution in [3.05, 3.63) is 41.3 Å². The molecule has 158 valence electrons. The molecule has 2 heterocycles. The molecule has 3 rings (SSSR count). The minimum atomic E-state index is -3.48. The van der Waals surface area contributed by atoms with E-state index in [1.54, 1.807) is 40.0 Å². The van der Waals surface area contributed by atoms with Gasteiger partial charge in [0.15, 0.2) is 0 Å². The number of carbonyl (C=O) groups excluding carboxylic acids is 1. The lowest BCUT2D eigenvalue weighted by Gasteiger charge is -2.34. The van der Waals surface area contributed by atoms with Gasteiger partial charge < -0.3 is 14.8 Å². The summed E-state index contributed by atoms with van der Waals surface area (Å²) in [6.45, 7) is 0.908. The molecule has 1 unspecified atom stereocenters. The molecule has 1 N–H and O–H groups in total. The van der Waals surface area contributed by atoms with Gasteiger partial charge in [-0.2, -0.15) is 4.31 Å². The molecule has 1 amide bonds. The van der Waals surface area contributed by atoms with Gasteiger partial charge >= 0.3 is 0 Å². The van der Waals surface area contributed by atoms with E-state index in [0.717, 1.165) is 19.3 Å². The topological polar surface area (TPSA) is 84.9 Å². The number of ether oxygens (including phenoxy) is 2. The molecule has 1 aliphatic rings. The summed E-state index contributed by atoms with van der Waals surface area (Å²) in [6.07, 6.45) is 3.21. The zero-order valence-electron chi connectivity index (χ0n) is 16.6. The van der Waals surface area contributed by atoms with Crippen molar-refractivity contribution < 1.29 is 22.7 Å². The van der Waals surface area contributed by atoms with Crippen molar-refractivity contribution in [1.29, 1.82) is 0 Å². The zero-order valence-corrected chi connectivity index (χ0v) is 18.2. The summed E-state index contributed by atoms with van der Waals surface area (Å²) in [5, 5.41) is 4.66. The third-order valence-electron chi connectivity index (χ3n) is 5.01. The molecule has 0 saturated carbocycles. The Morgan fingerprint density at radius 2 is 1.93 bits per heavy atom. The molecule has 0 aliphatic carbocycles. The van der Waals surface area contributed by atoms with Crippen molar-refractivity contribution in [2.24, 2.45) is 0 Å². The number of carbonyl (C=O) groups is 1. The largest absolute Gasteiger partial charge is 0.497 e. The number of hydrogen-bond acceptors (Lipinski definition) is 6. The predicted molar refractivity (Wildman–Crippen MR) is 112 cm³/mol. The summed E-state index contributed by atoms with van der Waals surface area (Å²) in [5.74, 6) is 0.829. The van der Waals surface area contributed by atoms with Crippen LogP contribution in [0.2, 0.25) is 0 Å². The molecule has 0 bridgehead atoms. The van der Waals surface area contributed by atoms with Crippen LogP contribution < -0.4 is 14.8 Å². The van der Waals surface area contributed by atoms with Crippen LogP contribution in [0.15, 0.2) is 39.9 Å². The van der Waals surface area contributed by atoms with Gasteiger partial charge in [0.25, 0.3) is 15.9 Å². The number of hydrogen-bond donors (Lipinski definition) is 1. The maximum absolute atomic E-state index is 12.9. The molecule has 1 aromatic heterocycles. The smallest absolute Gasteiger partial charge is 0.252 e. The number of nitrogens with one attached hydrogen (secondary N) is 1. The fraction of sp³-hybridized carbons (Fsp3) is 0.450. The van der Waals surface area contributed by atoms with Gasteiger partial charge in [-0.3, -0.25) is 4.79 Å². The van der Waals surface area contributed by atoms with Crippen LogP contribution >= 0.6 is 11.3 Å². The van der Waals surface area contributed by atoms with E-state index in [2.05, 4.69) is 5.32 Å². The van der Waals surface area contributed by atoms with Gasteiger partial charge in [0, 0.05) is 30.8 Å². The third-order valence-corrected chi connectivity index (χ3v) is 8.33. The van der Waals surface area contributed by atoms with Crippen LogP contribution in [0.3, 0.4) is 0 Å². The predicted octanol–water partition coefficient (Wildman–Crippen LogP) is 3.13. The third kappa shape index (κ3) is 5.09. The standard InChI is InChI=1S/C20H26N2O5S2/c1-26-17-12-15(13-18(14-17)27-2)20(23)21-9-8-16-6-3-4-10-22(16)29(24,25)19-7-5-11-28-19/h5,7,11-14,16H,3-4,6,8-10H2,1-2H3,(H,21,23). The Hall–Kier alpha value is -2.10. The summed E-state index contributed by atoms with van der Waals surface area (Å²) in [5.41, 5.74) is 0.438. The number of benzene rings is 1. The minimum Gasteiger partial charge on any atom is -0.497 e. The summed E-state index contributed by atoms with van der Waals surface area (Å²) >= 11 is 1.24. The maximum Gasteiger partial charge on any atom is 0.252 e. The molecular formula is C20H26N2O5S2. The Morgan fingerprint density at radius 1 is 1.21 bits per heavy atom. The quantitative estimate of drug-likeness (QED) is 0.684. The van der Waals surface area contributed by atoms with E-state index in [9.17, 15) is 13.2 Å². The van der Waals surface area contributed by atoms with Crippen molar-refractivity contribution >= 4 is 27.3 Å². The Labute approximate surface area is 175 Å². The maximum atomic E-state index is 12.9. The average Bonchev–Trinajstić information content (AvgIpc) is 3.29. The number of amides is 1. The molecule has 0 spiro atoms. The van der Waals surface area contributed by atoms with Crippen molar-refractivity contribution in [3.8, 4) is 11.5 Å². The van der Waals surface area contributed by atoms with Crippen LogP contribution in [0.4, 0.5) is 0 Å². The summed E-state index contributed by atoms with van der Waals surface area (Å²) in [6, 6.07) is 8.27. The number of rotatable bonds is 8. The molecule has 9 heteroatoms. The molecule has 29 heavy (non-hydrogen) atoms. The average molecular weight is 439 g/mol. The lowest BCUT2D eigenvalue weighted by molar-refractivity contribution is 0.0949. The van der Waals surface area contributed by atoms with E-state index in [0.29, 0.717) is 40.8 Å². The van der Waals surface area contributed by atoms with E-state index in [-0.39, 0.29) is 11.9 Å². The second-order valence-electron chi connectivity index (χ2n) is 6.84. The molecule has 7 nitrogen and oxygen atoms in total. The van der Waals surface area contributed by atoms with Crippen LogP contribution in [-0.4, -0.2) is 52.0 Å². The Kier molecular flexibility index (Phi) is 7.15. The van der Waals surface area contributed by atoms with E-state index >= 15 is 0 Å². The number of methoxy groups -OCH3 is 2. The first kappa shape index (κ1) is 21.6. The summed E-state index contributed by atoms with van der Waals surface area (Å²) in [7, 11) is -0.423. The first-order chi connectivity index (χ1) is 14.0. The summed E-state index contributed by atoms with van der Waals surface area (Å²) in [4.78, 5) is 12.5. The van der Waals surface area contributed by atoms with E-state index in [4.69, 9.17) is 9.47 Å². The molecule has 1 atom stereocenters. The van der Waals surface area contributed by atoms with Gasteiger partial charge in [0.2, 0.25) is 0 Å². The van der Waals surface area contributed by atoms with Gasteiger partial charge in [-0.1, -0.05) is 12.5 Å². The highest BCUT2D eigenvalue weighted by Crippen LogP contribution is 2.29. The number of sulfonamides is 1. The lowest BCUT2D eigenvalue weighted by Crippen LogP contribution is -2.44. The van der Waals surface area contributed by atoms with Crippen LogP contribution in [0.25, 0.3) is 0 Å². The van der Waals surface area contributed by atoms with Crippen LogP contribution in [0, 0.1) is 0 Å². The molecule has 1 aromatic carbocycles. The molecule has 1 aliphatic heterocycles. The van der Waals surface area contributed by atoms with Gasteiger partial charge in [-0.15, -0.1) is 11.3 Å². The second kappa shape index (κ2) is 9.60. The number of thiophene rings is 1. The minimum absolute atomic E-state index is 0.115. The Morgan fingerprint density at radius 3 is 2.55 bits per heavy atom. The van der Waals surface area contributed by atoms with E-state index in [1.165, 1.54) is 25.6 Å². The number of piperidine rings is 1. The van der Waals surface area contributed by atoms with Crippen molar-refractivity contribution in [1.82, 2.24) is 9.62 Å². The molecule has 1 saturated heterocycles. The van der Waals surface area contributed by atoms with Crippen LogP contribution in [0.5, 0.6) is 11.5 Å². The van der Waals surface area contributed by atoms with Crippen molar-refractivity contribution in [2.45, 2.75) is 35.9 Å². The van der Waals surface area contributed by atoms with E-state index < -0.39 is 10.0 Å². The van der Waals surface area contributed by atoms with Crippen LogP contribution in [-0.2, 0) is 10.0 Å². The second-order valence-corrected chi connectivity index (χ2v) is 9.91. The molecular weight excluding hydrogens is 412 g/mol. The van der Waals surface area contributed by atoms with Gasteiger partial charge in [-0.05, 0) is 42.8 Å². The lowest BCUT2D eigenvalue weighted by atomic mass is 10.0. The molecule has 1 fully saturated rings. The van der Waals surface area contributed by atoms with Crippen molar-refractivity contribution in [2.75, 3.05) is 27.3 Å². The fourth-order valence-electron chi connectivity index (χ4n) is 3.50. The van der Waals surface area contributed by atoms with Gasteiger partial charge in [0.1, 0.15) is 15.7 Å². The van der Waals surface area contributed by atoms with Crippen molar-refractivity contribution in [3.63, 3.8) is 0 Å². The number of nitrogens with zero attached hydrogens (tertiary/aromatic N) is 1. The van der Waals surface area contributed by atoms with Gasteiger partial charge in [-0.25, -0.2) is 8.42 Å². The Bertz CT molecular complexity index is 906. The van der Waals surface area contributed by atoms with Gasteiger partial charge in [0.05, 0.1) is 14.2 Å². The van der Waals surface area contributed by atoms with E-state index in [1.807, 2.05) is 0 Å². The summed E-state index contributed by atoms with van der Waals surface area (Å²) < 4.78 is 38.3. The normalized spacial score (nSPS) is 17.7. The monoisotopic (exact) mass is 438 g/mol. The first-order valence-electron chi connectivity index (χ1n) is 9.52.